The van der Waals surface area contributed by atoms with E-state index in [9.17, 15) is 14.4 Å². The molecule has 0 aliphatic carbocycles. The van der Waals surface area contributed by atoms with Gasteiger partial charge in [0.15, 0.2) is 5.65 Å². The largest absolute Gasteiger partial charge is 0.465 e. The van der Waals surface area contributed by atoms with E-state index in [0.717, 1.165) is 10.9 Å². The summed E-state index contributed by atoms with van der Waals surface area (Å²) in [5.41, 5.74) is 2.22. The Labute approximate surface area is 171 Å². The Morgan fingerprint density at radius 3 is 2.57 bits per heavy atom. The van der Waals surface area contributed by atoms with Crippen LogP contribution >= 0.6 is 0 Å². The van der Waals surface area contributed by atoms with Gasteiger partial charge in [-0.05, 0) is 38.1 Å². The van der Waals surface area contributed by atoms with Gasteiger partial charge in [0.05, 0.1) is 23.9 Å². The first-order valence-corrected chi connectivity index (χ1v) is 9.40. The number of amides is 1. The van der Waals surface area contributed by atoms with Crippen LogP contribution in [0, 0.1) is 6.92 Å². The molecule has 0 spiro atoms. The molecule has 2 heterocycles. The predicted octanol–water partition coefficient (Wildman–Crippen LogP) is 2.94. The molecule has 0 saturated carbocycles. The summed E-state index contributed by atoms with van der Waals surface area (Å²) < 4.78 is 8.36. The van der Waals surface area contributed by atoms with Crippen molar-refractivity contribution in [3.8, 4) is 0 Å². The van der Waals surface area contributed by atoms with Crippen LogP contribution in [0.5, 0.6) is 0 Å². The van der Waals surface area contributed by atoms with Crippen molar-refractivity contribution >= 4 is 34.1 Å². The Morgan fingerprint density at radius 1 is 1.10 bits per heavy atom. The topological polar surface area (TPSA) is 94.7 Å². The zero-order valence-corrected chi connectivity index (χ0v) is 16.7. The molecule has 1 N–H and O–H groups in total. The number of aryl methyl sites for hydroxylation is 1. The van der Waals surface area contributed by atoms with Gasteiger partial charge < -0.3 is 10.1 Å². The summed E-state index contributed by atoms with van der Waals surface area (Å²) in [4.78, 5) is 41.3. The number of fused-ring (bicyclic) bond motifs is 3. The lowest BCUT2D eigenvalue weighted by atomic mass is 10.1. The van der Waals surface area contributed by atoms with Crippen LogP contribution in [-0.4, -0.2) is 33.2 Å². The molecule has 4 aromatic rings. The van der Waals surface area contributed by atoms with Crippen molar-refractivity contribution in [2.45, 2.75) is 19.9 Å². The van der Waals surface area contributed by atoms with Gasteiger partial charge in [0.2, 0.25) is 5.91 Å². The number of hydrogen-bond donors (Lipinski definition) is 1. The van der Waals surface area contributed by atoms with Crippen molar-refractivity contribution in [2.24, 2.45) is 0 Å². The van der Waals surface area contributed by atoms with Gasteiger partial charge in [-0.1, -0.05) is 24.3 Å². The van der Waals surface area contributed by atoms with E-state index in [1.807, 2.05) is 24.3 Å². The van der Waals surface area contributed by atoms with Gasteiger partial charge in [0, 0.05) is 17.1 Å². The number of carbonyl (C=O) groups is 2. The van der Waals surface area contributed by atoms with Gasteiger partial charge in [-0.2, -0.15) is 4.98 Å². The molecule has 0 aliphatic rings. The summed E-state index contributed by atoms with van der Waals surface area (Å²) in [5, 5.41) is 3.59. The fourth-order valence-electron chi connectivity index (χ4n) is 3.62. The number of ether oxygens (including phenoxy) is 1. The zero-order chi connectivity index (χ0) is 21.4. The number of nitrogens with zero attached hydrogens (tertiary/aromatic N) is 3. The number of carbonyl (C=O) groups excluding carboxylic acids is 2. The summed E-state index contributed by atoms with van der Waals surface area (Å²) in [6.45, 7) is 3.54. The monoisotopic (exact) mass is 404 g/mol. The predicted molar refractivity (Wildman–Crippen MR) is 113 cm³/mol. The van der Waals surface area contributed by atoms with E-state index < -0.39 is 12.0 Å². The van der Waals surface area contributed by atoms with Gasteiger partial charge in [0.25, 0.3) is 5.56 Å². The second-order valence-electron chi connectivity index (χ2n) is 6.94. The van der Waals surface area contributed by atoms with Gasteiger partial charge in [-0.3, -0.25) is 14.3 Å². The molecule has 0 aliphatic heterocycles. The van der Waals surface area contributed by atoms with E-state index in [-0.39, 0.29) is 17.0 Å². The Balaban J connectivity index is 1.82. The standard InChI is InChI=1S/C22H20N4O4/c1-13-12-19(27)24-20-16-9-5-7-11-18(16)26(25(13)20)14(2)21(28)23-17-10-6-4-8-15(17)22(29)30-3/h4-12,14H,1-3H3,(H,23,28). The summed E-state index contributed by atoms with van der Waals surface area (Å²) >= 11 is 0. The Morgan fingerprint density at radius 2 is 1.80 bits per heavy atom. The van der Waals surface area contributed by atoms with Crippen molar-refractivity contribution < 1.29 is 14.3 Å². The Kier molecular flexibility index (Phi) is 4.83. The second-order valence-corrected chi connectivity index (χ2v) is 6.94. The van der Waals surface area contributed by atoms with E-state index in [2.05, 4.69) is 10.3 Å². The maximum atomic E-state index is 13.2. The van der Waals surface area contributed by atoms with Gasteiger partial charge in [0.1, 0.15) is 6.04 Å². The number of nitrogens with one attached hydrogen (secondary N) is 1. The molecule has 1 atom stereocenters. The fourth-order valence-corrected chi connectivity index (χ4v) is 3.62. The normalized spacial score (nSPS) is 12.1. The Hall–Kier alpha value is -3.94. The lowest BCUT2D eigenvalue weighted by Crippen LogP contribution is -2.28. The number of methoxy groups -OCH3 is 1. The average molecular weight is 404 g/mol. The maximum Gasteiger partial charge on any atom is 0.339 e. The quantitative estimate of drug-likeness (QED) is 0.528. The molecule has 0 radical (unpaired) electrons. The SMILES string of the molecule is COC(=O)c1ccccc1NC(=O)C(C)n1c2ccccc2c2nc(=O)cc(C)n21. The molecule has 2 aromatic heterocycles. The second kappa shape index (κ2) is 7.47. The molecule has 0 saturated heterocycles. The number of para-hydroxylation sites is 2. The molecule has 2 aromatic carbocycles. The van der Waals surface area contributed by atoms with E-state index in [4.69, 9.17) is 4.74 Å². The van der Waals surface area contributed by atoms with Crippen LogP contribution in [0.15, 0.2) is 59.4 Å². The summed E-state index contributed by atoms with van der Waals surface area (Å²) in [5.74, 6) is -0.861. The maximum absolute atomic E-state index is 13.2. The summed E-state index contributed by atoms with van der Waals surface area (Å²) in [7, 11) is 1.29. The van der Waals surface area contributed by atoms with Crippen molar-refractivity contribution in [1.29, 1.82) is 0 Å². The van der Waals surface area contributed by atoms with Crippen molar-refractivity contribution in [1.82, 2.24) is 14.2 Å². The van der Waals surface area contributed by atoms with E-state index >= 15 is 0 Å². The molecule has 8 nitrogen and oxygen atoms in total. The molecule has 4 rings (SSSR count). The number of hydrogen-bond acceptors (Lipinski definition) is 5. The van der Waals surface area contributed by atoms with Crippen molar-refractivity contribution in [3.63, 3.8) is 0 Å². The van der Waals surface area contributed by atoms with Gasteiger partial charge in [-0.15, -0.1) is 0 Å². The minimum Gasteiger partial charge on any atom is -0.465 e. The van der Waals surface area contributed by atoms with Crippen molar-refractivity contribution in [3.05, 3.63) is 76.2 Å². The van der Waals surface area contributed by atoms with Crippen LogP contribution in [0.2, 0.25) is 0 Å². The first-order chi connectivity index (χ1) is 14.4. The average Bonchev–Trinajstić information content (AvgIpc) is 3.07. The van der Waals surface area contributed by atoms with Gasteiger partial charge in [-0.25, -0.2) is 9.31 Å². The highest BCUT2D eigenvalue weighted by atomic mass is 16.5. The fraction of sp³-hybridized carbons (Fsp3) is 0.182. The van der Waals surface area contributed by atoms with Crippen LogP contribution in [0.3, 0.4) is 0 Å². The Bertz CT molecular complexity index is 1350. The van der Waals surface area contributed by atoms with Crippen LogP contribution in [0.1, 0.15) is 29.0 Å². The molecular weight excluding hydrogens is 384 g/mol. The molecule has 1 amide bonds. The zero-order valence-electron chi connectivity index (χ0n) is 16.7. The molecule has 8 heteroatoms. The molecule has 1 unspecified atom stereocenters. The van der Waals surface area contributed by atoms with Crippen LogP contribution in [-0.2, 0) is 9.53 Å². The molecule has 0 fully saturated rings. The van der Waals surface area contributed by atoms with E-state index in [1.165, 1.54) is 13.2 Å². The van der Waals surface area contributed by atoms with Crippen LogP contribution in [0.25, 0.3) is 16.6 Å². The number of aromatic nitrogens is 3. The number of anilines is 1. The van der Waals surface area contributed by atoms with E-state index in [0.29, 0.717) is 17.0 Å². The highest BCUT2D eigenvalue weighted by Gasteiger charge is 2.23. The third-order valence-electron chi connectivity index (χ3n) is 5.03. The molecular formula is C22H20N4O4. The van der Waals surface area contributed by atoms with Crippen LogP contribution in [0.4, 0.5) is 5.69 Å². The smallest absolute Gasteiger partial charge is 0.339 e. The minimum atomic E-state index is -0.666. The number of esters is 1. The third kappa shape index (κ3) is 3.12. The first-order valence-electron chi connectivity index (χ1n) is 9.40. The summed E-state index contributed by atoms with van der Waals surface area (Å²) in [6, 6.07) is 14.9. The molecule has 0 bridgehead atoms. The van der Waals surface area contributed by atoms with E-state index in [1.54, 1.807) is 47.3 Å². The van der Waals surface area contributed by atoms with Crippen LogP contribution < -0.4 is 10.9 Å². The minimum absolute atomic E-state index is 0.268. The number of rotatable bonds is 4. The highest BCUT2D eigenvalue weighted by Crippen LogP contribution is 2.26. The number of benzene rings is 2. The third-order valence-corrected chi connectivity index (χ3v) is 5.03. The van der Waals surface area contributed by atoms with Crippen molar-refractivity contribution in [2.75, 3.05) is 12.4 Å². The van der Waals surface area contributed by atoms with Gasteiger partial charge >= 0.3 is 5.97 Å². The lowest BCUT2D eigenvalue weighted by Gasteiger charge is -2.19. The molecule has 30 heavy (non-hydrogen) atoms. The molecule has 152 valence electrons. The first kappa shape index (κ1) is 19.4. The highest BCUT2D eigenvalue weighted by molar-refractivity contribution is 6.03. The lowest BCUT2D eigenvalue weighted by molar-refractivity contribution is -0.119. The summed E-state index contributed by atoms with van der Waals surface area (Å²) in [6.07, 6.45) is 0.